The Bertz CT molecular complexity index is 471. The van der Waals surface area contributed by atoms with Crippen molar-refractivity contribution in [2.24, 2.45) is 0 Å². The third-order valence-corrected chi connectivity index (χ3v) is 3.60. The number of rotatable bonds is 4. The molecule has 7 heteroatoms. The summed E-state index contributed by atoms with van der Waals surface area (Å²) in [5.74, 6) is 2.28. The average molecular weight is 423 g/mol. The van der Waals surface area contributed by atoms with Crippen LogP contribution in [-0.2, 0) is 40.6 Å². The molecule has 1 aromatic carbocycles. The summed E-state index contributed by atoms with van der Waals surface area (Å²) in [5, 5.41) is 0. The minimum atomic E-state index is 0. The van der Waals surface area contributed by atoms with Gasteiger partial charge in [-0.3, -0.25) is 5.92 Å². The summed E-state index contributed by atoms with van der Waals surface area (Å²) in [6, 6.07) is 9.37. The van der Waals surface area contributed by atoms with Crippen LogP contribution in [-0.4, -0.2) is 30.7 Å². The van der Waals surface area contributed by atoms with E-state index in [1.165, 1.54) is 30.7 Å². The largest absolute Gasteiger partial charge is 0 e. The quantitative estimate of drug-likeness (QED) is 0.307. The summed E-state index contributed by atoms with van der Waals surface area (Å²) in [6.45, 7) is 36.7. The first-order valence-electron chi connectivity index (χ1n) is 7.52. The molecule has 0 unspecified atom stereocenters. The van der Waals surface area contributed by atoms with Crippen LogP contribution < -0.4 is 0 Å². The van der Waals surface area contributed by atoms with Crippen molar-refractivity contribution in [3.8, 4) is 5.92 Å². The van der Waals surface area contributed by atoms with Crippen molar-refractivity contribution in [2.45, 2.75) is 27.7 Å². The van der Waals surface area contributed by atoms with Crippen LogP contribution in [0.1, 0.15) is 33.3 Å². The molecule has 0 heterocycles. The SMILES string of the molecule is CC[N+](CC)(CC)CC.[C-]#Cc1ccccc1.[C-]#[O+].[C-]#[O+].[C-]#[O+].[C-]#[O+].[C-]#[O+].[Cr]. The molecule has 0 fully saturated rings. The topological polar surface area (TPSA) is 99.5 Å². The second kappa shape index (κ2) is 49.8. The number of benzene rings is 1. The molecule has 1 rings (SSSR count). The molecule has 0 amide bonds. The van der Waals surface area contributed by atoms with Gasteiger partial charge in [-0.15, -0.1) is 17.7 Å². The maximum Gasteiger partial charge on any atom is 0 e. The fraction of sp³-hybridized carbons (Fsp3) is 0.381. The zero-order valence-corrected chi connectivity index (χ0v) is 17.9. The van der Waals surface area contributed by atoms with Gasteiger partial charge in [-0.05, 0) is 27.7 Å². The van der Waals surface area contributed by atoms with Gasteiger partial charge >= 0.3 is 56.5 Å². The van der Waals surface area contributed by atoms with E-state index < -0.39 is 0 Å². The molecule has 28 heavy (non-hydrogen) atoms. The Balaban J connectivity index is -0.0000000426. The monoisotopic (exact) mass is 423 g/mol. The molecular weight excluding hydrogens is 398 g/mol. The molecular formula is C21H25CrNO5. The van der Waals surface area contributed by atoms with Gasteiger partial charge in [0.2, 0.25) is 0 Å². The van der Waals surface area contributed by atoms with Gasteiger partial charge in [-0.2, -0.15) is 0 Å². The van der Waals surface area contributed by atoms with Crippen LogP contribution in [0.15, 0.2) is 30.3 Å². The maximum absolute atomic E-state index is 7.50. The average Bonchev–Trinajstić information content (AvgIpc) is 2.83. The molecule has 0 aliphatic heterocycles. The Labute approximate surface area is 180 Å². The molecule has 0 spiro atoms. The van der Waals surface area contributed by atoms with E-state index in [1.807, 2.05) is 30.3 Å². The van der Waals surface area contributed by atoms with Gasteiger partial charge in [-0.1, -0.05) is 18.2 Å². The van der Waals surface area contributed by atoms with E-state index in [0.29, 0.717) is 0 Å². The van der Waals surface area contributed by atoms with Crippen molar-refractivity contribution >= 4 is 0 Å². The summed E-state index contributed by atoms with van der Waals surface area (Å²) in [6.07, 6.45) is 6.69. The molecule has 1 aromatic rings. The molecule has 0 aliphatic rings. The molecule has 0 saturated heterocycles. The van der Waals surface area contributed by atoms with Crippen LogP contribution in [0.3, 0.4) is 0 Å². The van der Waals surface area contributed by atoms with Gasteiger partial charge < -0.3 is 10.9 Å². The fourth-order valence-corrected chi connectivity index (χ4v) is 1.86. The van der Waals surface area contributed by atoms with Crippen LogP contribution in [0.25, 0.3) is 0 Å². The molecule has 0 aromatic heterocycles. The fourth-order valence-electron chi connectivity index (χ4n) is 1.86. The van der Waals surface area contributed by atoms with Gasteiger partial charge in [-0.25, -0.2) is 0 Å². The van der Waals surface area contributed by atoms with Gasteiger partial charge in [0.1, 0.15) is 0 Å². The van der Waals surface area contributed by atoms with E-state index in [4.69, 9.17) is 29.7 Å². The molecule has 0 radical (unpaired) electrons. The molecule has 0 atom stereocenters. The van der Waals surface area contributed by atoms with Crippen molar-refractivity contribution in [1.29, 1.82) is 0 Å². The third kappa shape index (κ3) is 31.7. The molecule has 6 nitrogen and oxygen atoms in total. The van der Waals surface area contributed by atoms with Gasteiger partial charge in [0, 0.05) is 17.4 Å². The molecule has 0 aliphatic carbocycles. The van der Waals surface area contributed by atoms with E-state index in [-0.39, 0.29) is 17.4 Å². The summed E-state index contributed by atoms with van der Waals surface area (Å²) >= 11 is 0. The van der Waals surface area contributed by atoms with Crippen molar-refractivity contribution in [3.05, 3.63) is 75.6 Å². The number of nitrogens with zero attached hydrogens (tertiary/aromatic N) is 1. The van der Waals surface area contributed by atoms with Crippen LogP contribution >= 0.6 is 0 Å². The molecule has 0 saturated carbocycles. The Morgan fingerprint density at radius 1 is 0.643 bits per heavy atom. The first-order chi connectivity index (χ1) is 13.2. The van der Waals surface area contributed by atoms with Crippen molar-refractivity contribution in [3.63, 3.8) is 0 Å². The van der Waals surface area contributed by atoms with Gasteiger partial charge in [0.05, 0.1) is 26.2 Å². The predicted molar refractivity (Wildman–Crippen MR) is 94.7 cm³/mol. The van der Waals surface area contributed by atoms with E-state index in [2.05, 4.69) is 66.9 Å². The Kier molecular flexibility index (Phi) is 80.1. The van der Waals surface area contributed by atoms with Crippen molar-refractivity contribution in [1.82, 2.24) is 0 Å². The number of hydrogen-bond donors (Lipinski definition) is 0. The van der Waals surface area contributed by atoms with E-state index >= 15 is 0 Å². The number of quaternary nitrogens is 1. The molecule has 150 valence electrons. The third-order valence-electron chi connectivity index (χ3n) is 3.60. The standard InChI is InChI=1S/C8H20N.C8H5.5CO.Cr/c1-5-9(6-2,7-3)8-4;1-2-8-6-4-3-5-7-8;5*1-2;/h5-8H2,1-4H3;3-7H;;;;;;/q+1;-1;;;;;;. The Hall–Kier alpha value is -2.03. The zero-order valence-electron chi connectivity index (χ0n) is 16.6. The summed E-state index contributed by atoms with van der Waals surface area (Å²) in [5.41, 5.74) is 0.826. The van der Waals surface area contributed by atoms with E-state index in [1.54, 1.807) is 0 Å². The first kappa shape index (κ1) is 45.0. The predicted octanol–water partition coefficient (Wildman–Crippen LogP) is 3.32. The zero-order chi connectivity index (χ0) is 23.1. The summed E-state index contributed by atoms with van der Waals surface area (Å²) in [4.78, 5) is 0. The van der Waals surface area contributed by atoms with Gasteiger partial charge in [0.25, 0.3) is 0 Å². The van der Waals surface area contributed by atoms with Crippen molar-refractivity contribution in [2.75, 3.05) is 26.2 Å². The van der Waals surface area contributed by atoms with Gasteiger partial charge in [0.15, 0.2) is 0 Å². The minimum absolute atomic E-state index is 0. The summed E-state index contributed by atoms with van der Waals surface area (Å²) in [7, 11) is 0. The second-order valence-corrected chi connectivity index (χ2v) is 4.10. The normalized spacial score (nSPS) is 6.46. The van der Waals surface area contributed by atoms with E-state index in [9.17, 15) is 0 Å². The first-order valence-corrected chi connectivity index (χ1v) is 7.52. The minimum Gasteiger partial charge on any atom is 0 e. The van der Waals surface area contributed by atoms with Crippen LogP contribution in [0, 0.1) is 45.6 Å². The van der Waals surface area contributed by atoms with E-state index in [0.717, 1.165) is 5.56 Å². The van der Waals surface area contributed by atoms with Crippen LogP contribution in [0.5, 0.6) is 0 Å². The second-order valence-electron chi connectivity index (χ2n) is 4.10. The molecule has 0 bridgehead atoms. The van der Waals surface area contributed by atoms with Crippen molar-refractivity contribution < 1.29 is 45.1 Å². The van der Waals surface area contributed by atoms with Crippen LogP contribution in [0.4, 0.5) is 0 Å². The Morgan fingerprint density at radius 2 is 0.893 bits per heavy atom. The Morgan fingerprint density at radius 3 is 1.00 bits per heavy atom. The smallest absolute Gasteiger partial charge is 0 e. The van der Waals surface area contributed by atoms with Crippen LogP contribution in [0.2, 0.25) is 0 Å². The summed E-state index contributed by atoms with van der Waals surface area (Å²) < 4.78 is 38.8. The maximum atomic E-state index is 7.50. The number of hydrogen-bond acceptors (Lipinski definition) is 0. The molecule has 0 N–H and O–H groups in total.